The van der Waals surface area contributed by atoms with Crippen molar-refractivity contribution in [2.24, 2.45) is 0 Å². The third-order valence-electron chi connectivity index (χ3n) is 2.69. The zero-order chi connectivity index (χ0) is 12.4. The van der Waals surface area contributed by atoms with Crippen LogP contribution in [0.25, 0.3) is 0 Å². The van der Waals surface area contributed by atoms with E-state index in [1.54, 1.807) is 11.3 Å². The van der Waals surface area contributed by atoms with Crippen molar-refractivity contribution in [2.45, 2.75) is 33.9 Å². The Bertz CT molecular complexity index is 481. The molecule has 2 aromatic heterocycles. The normalized spacial score (nSPS) is 11.4. The van der Waals surface area contributed by atoms with Crippen LogP contribution in [0.5, 0.6) is 0 Å². The molecule has 0 aliphatic carbocycles. The fourth-order valence-electron chi connectivity index (χ4n) is 1.75. The monoisotopic (exact) mass is 250 g/mol. The van der Waals surface area contributed by atoms with Crippen molar-refractivity contribution in [1.29, 1.82) is 0 Å². The summed E-state index contributed by atoms with van der Waals surface area (Å²) in [5, 5.41) is 1.12. The molecule has 92 valence electrons. The number of hydrogen-bond acceptors (Lipinski definition) is 4. The topological polar surface area (TPSA) is 44.8 Å². The molecule has 0 saturated heterocycles. The lowest BCUT2D eigenvalue weighted by Crippen LogP contribution is -2.17. The van der Waals surface area contributed by atoms with Crippen LogP contribution in [0, 0.1) is 20.8 Å². The summed E-state index contributed by atoms with van der Waals surface area (Å²) >= 11 is 1.75. The van der Waals surface area contributed by atoms with E-state index in [0.29, 0.717) is 0 Å². The lowest BCUT2D eigenvalue weighted by atomic mass is 10.4. The Labute approximate surface area is 106 Å². The van der Waals surface area contributed by atoms with Gasteiger partial charge in [-0.1, -0.05) is 0 Å². The van der Waals surface area contributed by atoms with Gasteiger partial charge >= 0.3 is 0 Å². The third kappa shape index (κ3) is 3.14. The molecule has 0 fully saturated rings. The van der Waals surface area contributed by atoms with Crippen LogP contribution in [-0.4, -0.2) is 26.9 Å². The maximum Gasteiger partial charge on any atom is 0.120 e. The molecule has 0 atom stereocenters. The van der Waals surface area contributed by atoms with E-state index in [0.717, 1.165) is 35.3 Å². The first-order chi connectivity index (χ1) is 8.04. The maximum atomic E-state index is 4.49. The van der Waals surface area contributed by atoms with Crippen molar-refractivity contribution in [3.05, 3.63) is 33.3 Å². The van der Waals surface area contributed by atoms with Crippen molar-refractivity contribution in [2.75, 3.05) is 7.05 Å². The molecule has 2 rings (SSSR count). The Kier molecular flexibility index (Phi) is 3.59. The average Bonchev–Trinajstić information content (AvgIpc) is 2.75. The summed E-state index contributed by atoms with van der Waals surface area (Å²) in [7, 11) is 2.10. The van der Waals surface area contributed by atoms with Gasteiger partial charge in [-0.05, 0) is 27.8 Å². The molecular formula is C12H18N4S. The molecule has 0 aliphatic rings. The van der Waals surface area contributed by atoms with Gasteiger partial charge in [-0.25, -0.2) is 9.97 Å². The van der Waals surface area contributed by atoms with Gasteiger partial charge in [0.1, 0.15) is 5.82 Å². The number of aryl methyl sites for hydroxylation is 3. The van der Waals surface area contributed by atoms with Crippen molar-refractivity contribution >= 4 is 11.3 Å². The summed E-state index contributed by atoms with van der Waals surface area (Å²) in [6.45, 7) is 7.88. The molecule has 0 unspecified atom stereocenters. The highest BCUT2D eigenvalue weighted by Gasteiger charge is 2.07. The van der Waals surface area contributed by atoms with E-state index in [1.807, 2.05) is 20.0 Å². The minimum Gasteiger partial charge on any atom is -0.345 e. The molecule has 0 aromatic carbocycles. The molecule has 0 saturated carbocycles. The molecule has 0 aliphatic heterocycles. The zero-order valence-corrected chi connectivity index (χ0v) is 11.6. The number of rotatable bonds is 4. The van der Waals surface area contributed by atoms with Gasteiger partial charge in [-0.15, -0.1) is 11.3 Å². The van der Waals surface area contributed by atoms with Gasteiger partial charge in [-0.2, -0.15) is 0 Å². The summed E-state index contributed by atoms with van der Waals surface area (Å²) in [6.07, 6.45) is 1.95. The van der Waals surface area contributed by atoms with Crippen LogP contribution in [0.15, 0.2) is 6.20 Å². The van der Waals surface area contributed by atoms with E-state index in [1.165, 1.54) is 4.88 Å². The number of nitrogens with zero attached hydrogens (tertiary/aromatic N) is 3. The standard InChI is InChI=1S/C12H18N4S/c1-8-9(2)15-12(14-8)7-16(4)6-11-5-13-10(3)17-11/h5H,6-7H2,1-4H3,(H,14,15). The van der Waals surface area contributed by atoms with Crippen molar-refractivity contribution < 1.29 is 0 Å². The predicted octanol–water partition coefficient (Wildman–Crippen LogP) is 2.42. The third-order valence-corrected chi connectivity index (χ3v) is 3.59. The highest BCUT2D eigenvalue weighted by molar-refractivity contribution is 7.11. The highest BCUT2D eigenvalue weighted by Crippen LogP contribution is 2.14. The second-order valence-corrected chi connectivity index (χ2v) is 5.73. The van der Waals surface area contributed by atoms with Crippen LogP contribution in [0.4, 0.5) is 0 Å². The predicted molar refractivity (Wildman–Crippen MR) is 70.1 cm³/mol. The van der Waals surface area contributed by atoms with Gasteiger partial charge in [0, 0.05) is 23.3 Å². The second kappa shape index (κ2) is 4.98. The molecule has 4 nitrogen and oxygen atoms in total. The summed E-state index contributed by atoms with van der Waals surface area (Å²) in [5.74, 6) is 1.03. The minimum absolute atomic E-state index is 0.839. The van der Waals surface area contributed by atoms with Crippen LogP contribution in [-0.2, 0) is 13.1 Å². The molecular weight excluding hydrogens is 232 g/mol. The van der Waals surface area contributed by atoms with Crippen LogP contribution in [0.3, 0.4) is 0 Å². The number of H-pyrrole nitrogens is 1. The van der Waals surface area contributed by atoms with E-state index in [9.17, 15) is 0 Å². The number of thiazole rings is 1. The Morgan fingerprint density at radius 3 is 2.59 bits per heavy atom. The number of hydrogen-bond donors (Lipinski definition) is 1. The number of imidazole rings is 1. The second-order valence-electron chi connectivity index (χ2n) is 4.41. The summed E-state index contributed by atoms with van der Waals surface area (Å²) in [5.41, 5.74) is 2.24. The largest absolute Gasteiger partial charge is 0.345 e. The average molecular weight is 250 g/mol. The lowest BCUT2D eigenvalue weighted by Gasteiger charge is -2.13. The molecule has 2 aromatic rings. The van der Waals surface area contributed by atoms with E-state index < -0.39 is 0 Å². The molecule has 5 heteroatoms. The molecule has 0 amide bonds. The van der Waals surface area contributed by atoms with Gasteiger partial charge in [0.25, 0.3) is 0 Å². The molecule has 17 heavy (non-hydrogen) atoms. The van der Waals surface area contributed by atoms with Crippen molar-refractivity contribution in [3.8, 4) is 0 Å². The molecule has 0 radical (unpaired) electrons. The van der Waals surface area contributed by atoms with Crippen molar-refractivity contribution in [3.63, 3.8) is 0 Å². The SMILES string of the molecule is Cc1ncc(CN(C)Cc2nc(C)c(C)[nH]2)s1. The Hall–Kier alpha value is -1.20. The fourth-order valence-corrected chi connectivity index (χ4v) is 2.63. The van der Waals surface area contributed by atoms with Crippen LogP contribution in [0.1, 0.15) is 27.1 Å². The lowest BCUT2D eigenvalue weighted by molar-refractivity contribution is 0.314. The first-order valence-electron chi connectivity index (χ1n) is 5.66. The zero-order valence-electron chi connectivity index (χ0n) is 10.7. The van der Waals surface area contributed by atoms with E-state index in [4.69, 9.17) is 0 Å². The van der Waals surface area contributed by atoms with Gasteiger partial charge in [0.15, 0.2) is 0 Å². The highest BCUT2D eigenvalue weighted by atomic mass is 32.1. The smallest absolute Gasteiger partial charge is 0.120 e. The van der Waals surface area contributed by atoms with Gasteiger partial charge in [0.2, 0.25) is 0 Å². The molecule has 0 bridgehead atoms. The Morgan fingerprint density at radius 2 is 2.06 bits per heavy atom. The molecule has 0 spiro atoms. The minimum atomic E-state index is 0.839. The summed E-state index contributed by atoms with van der Waals surface area (Å²) in [4.78, 5) is 15.6. The summed E-state index contributed by atoms with van der Waals surface area (Å²) in [6, 6.07) is 0. The van der Waals surface area contributed by atoms with E-state index in [-0.39, 0.29) is 0 Å². The summed E-state index contributed by atoms with van der Waals surface area (Å²) < 4.78 is 0. The van der Waals surface area contributed by atoms with Crippen molar-refractivity contribution in [1.82, 2.24) is 19.9 Å². The quantitative estimate of drug-likeness (QED) is 0.906. The van der Waals surface area contributed by atoms with Crippen LogP contribution < -0.4 is 0 Å². The Balaban J connectivity index is 1.95. The Morgan fingerprint density at radius 1 is 1.29 bits per heavy atom. The number of nitrogens with one attached hydrogen (secondary N) is 1. The first-order valence-corrected chi connectivity index (χ1v) is 6.48. The molecule has 1 N–H and O–H groups in total. The fraction of sp³-hybridized carbons (Fsp3) is 0.500. The van der Waals surface area contributed by atoms with Gasteiger partial charge in [-0.3, -0.25) is 4.90 Å². The van der Waals surface area contributed by atoms with E-state index in [2.05, 4.69) is 33.8 Å². The number of aromatic nitrogens is 3. The van der Waals surface area contributed by atoms with Crippen LogP contribution in [0.2, 0.25) is 0 Å². The number of aromatic amines is 1. The first kappa shape index (κ1) is 12.3. The van der Waals surface area contributed by atoms with Gasteiger partial charge in [0.05, 0.1) is 17.2 Å². The van der Waals surface area contributed by atoms with E-state index >= 15 is 0 Å². The maximum absolute atomic E-state index is 4.49. The molecule has 2 heterocycles. The van der Waals surface area contributed by atoms with Gasteiger partial charge < -0.3 is 4.98 Å². The van der Waals surface area contributed by atoms with Crippen LogP contribution >= 0.6 is 11.3 Å².